The molecule has 5 heteroatoms. The summed E-state index contributed by atoms with van der Waals surface area (Å²) < 4.78 is 18.2. The van der Waals surface area contributed by atoms with Gasteiger partial charge in [0.05, 0.1) is 25.7 Å². The average Bonchev–Trinajstić information content (AvgIpc) is 2.87. The van der Waals surface area contributed by atoms with Crippen molar-refractivity contribution in [1.82, 2.24) is 4.90 Å². The molecule has 1 aliphatic heterocycles. The van der Waals surface area contributed by atoms with Crippen LogP contribution in [-0.4, -0.2) is 41.7 Å². The van der Waals surface area contributed by atoms with Crippen LogP contribution < -0.4 is 4.74 Å². The third-order valence-corrected chi connectivity index (χ3v) is 3.29. The van der Waals surface area contributed by atoms with Gasteiger partial charge in [-0.05, 0) is 25.0 Å². The Bertz CT molecular complexity index is 438. The van der Waals surface area contributed by atoms with E-state index in [0.717, 1.165) is 12.8 Å². The maximum atomic E-state index is 12.9. The molecule has 1 N–H and O–H groups in total. The van der Waals surface area contributed by atoms with Gasteiger partial charge in [0.2, 0.25) is 5.91 Å². The predicted molar refractivity (Wildman–Crippen MR) is 68.3 cm³/mol. The van der Waals surface area contributed by atoms with Gasteiger partial charge in [0, 0.05) is 12.6 Å². The number of carbonyl (C=O) groups excluding carboxylic acids is 1. The zero-order valence-electron chi connectivity index (χ0n) is 10.7. The number of carbonyl (C=O) groups is 1. The van der Waals surface area contributed by atoms with Gasteiger partial charge in [-0.15, -0.1) is 0 Å². The molecule has 0 aromatic heterocycles. The minimum absolute atomic E-state index is 0.0104. The SMILES string of the molecule is O=C(CCOc1cccc(F)c1)N1CCC[C@H]1CO. The van der Waals surface area contributed by atoms with Crippen molar-refractivity contribution in [2.75, 3.05) is 19.8 Å². The highest BCUT2D eigenvalue weighted by Gasteiger charge is 2.27. The van der Waals surface area contributed by atoms with E-state index in [0.29, 0.717) is 12.3 Å². The summed E-state index contributed by atoms with van der Waals surface area (Å²) in [6, 6.07) is 5.79. The number of hydrogen-bond donors (Lipinski definition) is 1. The molecule has 0 bridgehead atoms. The van der Waals surface area contributed by atoms with E-state index < -0.39 is 0 Å². The van der Waals surface area contributed by atoms with Crippen molar-refractivity contribution in [2.24, 2.45) is 0 Å². The first-order valence-corrected chi connectivity index (χ1v) is 6.49. The first kappa shape index (κ1) is 13.8. The van der Waals surface area contributed by atoms with Gasteiger partial charge in [-0.1, -0.05) is 6.07 Å². The van der Waals surface area contributed by atoms with Crippen LogP contribution in [0.15, 0.2) is 24.3 Å². The number of benzene rings is 1. The Morgan fingerprint density at radius 2 is 2.37 bits per heavy atom. The molecule has 0 aliphatic carbocycles. The third-order valence-electron chi connectivity index (χ3n) is 3.29. The molecule has 0 unspecified atom stereocenters. The second-order valence-corrected chi connectivity index (χ2v) is 4.62. The van der Waals surface area contributed by atoms with Crippen LogP contribution in [0.2, 0.25) is 0 Å². The van der Waals surface area contributed by atoms with Crippen molar-refractivity contribution in [2.45, 2.75) is 25.3 Å². The molecule has 2 rings (SSSR count). The molecule has 1 fully saturated rings. The molecular weight excluding hydrogens is 249 g/mol. The number of rotatable bonds is 5. The first-order valence-electron chi connectivity index (χ1n) is 6.49. The fraction of sp³-hybridized carbons (Fsp3) is 0.500. The smallest absolute Gasteiger partial charge is 0.226 e. The van der Waals surface area contributed by atoms with Crippen LogP contribution >= 0.6 is 0 Å². The fourth-order valence-corrected chi connectivity index (χ4v) is 2.31. The van der Waals surface area contributed by atoms with Crippen LogP contribution in [0, 0.1) is 5.82 Å². The summed E-state index contributed by atoms with van der Waals surface area (Å²) in [5.74, 6) is 0.0459. The summed E-state index contributed by atoms with van der Waals surface area (Å²) in [5.41, 5.74) is 0. The minimum Gasteiger partial charge on any atom is -0.493 e. The topological polar surface area (TPSA) is 49.8 Å². The summed E-state index contributed by atoms with van der Waals surface area (Å²) in [6.07, 6.45) is 2.03. The van der Waals surface area contributed by atoms with Gasteiger partial charge in [0.25, 0.3) is 0 Å². The average molecular weight is 267 g/mol. The number of hydrogen-bond acceptors (Lipinski definition) is 3. The molecular formula is C14H18FNO3. The lowest BCUT2D eigenvalue weighted by Gasteiger charge is -2.23. The van der Waals surface area contributed by atoms with E-state index in [1.54, 1.807) is 17.0 Å². The maximum absolute atomic E-state index is 12.9. The van der Waals surface area contributed by atoms with Gasteiger partial charge in [-0.3, -0.25) is 4.79 Å². The van der Waals surface area contributed by atoms with Crippen LogP contribution in [0.5, 0.6) is 5.75 Å². The molecule has 1 aromatic rings. The van der Waals surface area contributed by atoms with Crippen LogP contribution in [0.3, 0.4) is 0 Å². The van der Waals surface area contributed by atoms with Gasteiger partial charge in [0.1, 0.15) is 11.6 Å². The normalized spacial score (nSPS) is 18.6. The lowest BCUT2D eigenvalue weighted by atomic mass is 10.2. The molecule has 19 heavy (non-hydrogen) atoms. The van der Waals surface area contributed by atoms with E-state index in [1.807, 2.05) is 0 Å². The van der Waals surface area contributed by atoms with Gasteiger partial charge in [0.15, 0.2) is 0 Å². The zero-order chi connectivity index (χ0) is 13.7. The van der Waals surface area contributed by atoms with Crippen molar-refractivity contribution < 1.29 is 19.0 Å². The molecule has 1 atom stereocenters. The summed E-state index contributed by atoms with van der Waals surface area (Å²) in [5, 5.41) is 9.15. The molecule has 1 saturated heterocycles. The largest absolute Gasteiger partial charge is 0.493 e. The van der Waals surface area contributed by atoms with Crippen molar-refractivity contribution in [3.63, 3.8) is 0 Å². The lowest BCUT2D eigenvalue weighted by Crippen LogP contribution is -2.38. The molecule has 1 heterocycles. The van der Waals surface area contributed by atoms with Gasteiger partial charge in [-0.2, -0.15) is 0 Å². The van der Waals surface area contributed by atoms with Crippen LogP contribution in [0.1, 0.15) is 19.3 Å². The molecule has 1 aromatic carbocycles. The quantitative estimate of drug-likeness (QED) is 0.881. The number of aliphatic hydroxyl groups is 1. The Morgan fingerprint density at radius 3 is 3.11 bits per heavy atom. The van der Waals surface area contributed by atoms with Crippen molar-refractivity contribution in [1.29, 1.82) is 0 Å². The number of ether oxygens (including phenoxy) is 1. The number of nitrogens with zero attached hydrogens (tertiary/aromatic N) is 1. The molecule has 0 spiro atoms. The van der Waals surface area contributed by atoms with E-state index in [9.17, 15) is 9.18 Å². The van der Waals surface area contributed by atoms with Crippen molar-refractivity contribution in [3.8, 4) is 5.75 Å². The Balaban J connectivity index is 1.78. The van der Waals surface area contributed by atoms with Crippen LogP contribution in [0.4, 0.5) is 4.39 Å². The minimum atomic E-state index is -0.358. The molecule has 0 saturated carbocycles. The van der Waals surface area contributed by atoms with E-state index in [-0.39, 0.29) is 37.4 Å². The van der Waals surface area contributed by atoms with Gasteiger partial charge < -0.3 is 14.7 Å². The highest BCUT2D eigenvalue weighted by atomic mass is 19.1. The second-order valence-electron chi connectivity index (χ2n) is 4.62. The standard InChI is InChI=1S/C14H18FNO3/c15-11-3-1-5-13(9-11)19-8-6-14(18)16-7-2-4-12(16)10-17/h1,3,5,9,12,17H,2,4,6-8,10H2/t12-/m0/s1. The highest BCUT2D eigenvalue weighted by molar-refractivity contribution is 5.77. The molecule has 1 amide bonds. The van der Waals surface area contributed by atoms with E-state index in [1.165, 1.54) is 12.1 Å². The Kier molecular flexibility index (Phi) is 4.74. The molecule has 1 aliphatic rings. The number of aliphatic hydroxyl groups excluding tert-OH is 1. The van der Waals surface area contributed by atoms with Gasteiger partial charge in [-0.25, -0.2) is 4.39 Å². The highest BCUT2D eigenvalue weighted by Crippen LogP contribution is 2.18. The monoisotopic (exact) mass is 267 g/mol. The zero-order valence-corrected chi connectivity index (χ0v) is 10.7. The Morgan fingerprint density at radius 1 is 1.53 bits per heavy atom. The number of likely N-dealkylation sites (tertiary alicyclic amines) is 1. The summed E-state index contributed by atoms with van der Waals surface area (Å²) >= 11 is 0. The number of halogens is 1. The van der Waals surface area contributed by atoms with E-state index in [4.69, 9.17) is 9.84 Å². The lowest BCUT2D eigenvalue weighted by molar-refractivity contribution is -0.133. The van der Waals surface area contributed by atoms with Crippen LogP contribution in [0.25, 0.3) is 0 Å². The first-order chi connectivity index (χ1) is 9.20. The molecule has 0 radical (unpaired) electrons. The van der Waals surface area contributed by atoms with E-state index in [2.05, 4.69) is 0 Å². The predicted octanol–water partition coefficient (Wildman–Crippen LogP) is 1.58. The van der Waals surface area contributed by atoms with Gasteiger partial charge >= 0.3 is 0 Å². The summed E-state index contributed by atoms with van der Waals surface area (Å²) in [6.45, 7) is 0.928. The number of amides is 1. The van der Waals surface area contributed by atoms with Crippen molar-refractivity contribution in [3.05, 3.63) is 30.1 Å². The Labute approximate surface area is 111 Å². The van der Waals surface area contributed by atoms with Crippen LogP contribution in [-0.2, 0) is 4.79 Å². The van der Waals surface area contributed by atoms with Crippen molar-refractivity contribution >= 4 is 5.91 Å². The second kappa shape index (κ2) is 6.52. The third kappa shape index (κ3) is 3.67. The maximum Gasteiger partial charge on any atom is 0.226 e. The molecule has 4 nitrogen and oxygen atoms in total. The fourth-order valence-electron chi connectivity index (χ4n) is 2.31. The molecule has 104 valence electrons. The van der Waals surface area contributed by atoms with E-state index >= 15 is 0 Å². The Hall–Kier alpha value is -1.62. The summed E-state index contributed by atoms with van der Waals surface area (Å²) in [4.78, 5) is 13.6. The summed E-state index contributed by atoms with van der Waals surface area (Å²) in [7, 11) is 0.